The van der Waals surface area contributed by atoms with Crippen LogP contribution in [-0.4, -0.2) is 62.5 Å². The number of morpholine rings is 1. The second-order valence-electron chi connectivity index (χ2n) is 6.94. The lowest BCUT2D eigenvalue weighted by atomic mass is 10.2. The highest BCUT2D eigenvalue weighted by molar-refractivity contribution is 7.89. The van der Waals surface area contributed by atoms with Gasteiger partial charge in [-0.1, -0.05) is 24.3 Å². The van der Waals surface area contributed by atoms with Gasteiger partial charge in [0, 0.05) is 29.7 Å². The van der Waals surface area contributed by atoms with Gasteiger partial charge >= 0.3 is 5.97 Å². The minimum atomic E-state index is -3.68. The fourth-order valence-electron chi connectivity index (χ4n) is 3.26. The summed E-state index contributed by atoms with van der Waals surface area (Å²) in [6, 6.07) is 15.0. The molecule has 1 aliphatic heterocycles. The molecule has 10 heteroatoms. The average Bonchev–Trinajstić information content (AvgIpc) is 3.23. The Hall–Kier alpha value is -3.21. The van der Waals surface area contributed by atoms with E-state index in [1.807, 2.05) is 24.3 Å². The van der Waals surface area contributed by atoms with E-state index in [-0.39, 0.29) is 23.7 Å². The Balaban J connectivity index is 1.37. The van der Waals surface area contributed by atoms with E-state index in [4.69, 9.17) is 9.47 Å². The standard InChI is InChI=1S/C21H21N3O6S/c25-20(14-30-21(26)19-12-15-4-1-2-7-18(15)23-19)22-16-5-3-6-17(13-16)31(27,28)24-8-10-29-11-9-24/h1-7,12-13,23H,8-11,14H2,(H,22,25). The third-order valence-corrected chi connectivity index (χ3v) is 6.70. The molecule has 31 heavy (non-hydrogen) atoms. The molecule has 2 N–H and O–H groups in total. The zero-order valence-electron chi connectivity index (χ0n) is 16.5. The number of esters is 1. The SMILES string of the molecule is O=C(COC(=O)c1cc2ccccc2[nH]1)Nc1cccc(S(=O)(=O)N2CCOCC2)c1. The van der Waals surface area contributed by atoms with Crippen molar-refractivity contribution in [1.29, 1.82) is 0 Å². The van der Waals surface area contributed by atoms with E-state index in [0.29, 0.717) is 18.9 Å². The molecule has 1 aromatic heterocycles. The van der Waals surface area contributed by atoms with Crippen LogP contribution in [0.15, 0.2) is 59.5 Å². The number of anilines is 1. The van der Waals surface area contributed by atoms with Crippen LogP contribution in [0.4, 0.5) is 5.69 Å². The lowest BCUT2D eigenvalue weighted by Crippen LogP contribution is -2.40. The number of ether oxygens (including phenoxy) is 2. The molecule has 0 unspecified atom stereocenters. The third-order valence-electron chi connectivity index (χ3n) is 4.81. The van der Waals surface area contributed by atoms with Gasteiger partial charge in [-0.25, -0.2) is 13.2 Å². The molecule has 1 fully saturated rings. The molecule has 0 aliphatic carbocycles. The molecule has 0 radical (unpaired) electrons. The molecule has 2 aromatic carbocycles. The van der Waals surface area contributed by atoms with Crippen molar-refractivity contribution < 1.29 is 27.5 Å². The minimum Gasteiger partial charge on any atom is -0.451 e. The maximum atomic E-state index is 12.8. The Morgan fingerprint density at radius 1 is 1.06 bits per heavy atom. The molecule has 1 saturated heterocycles. The van der Waals surface area contributed by atoms with Crippen molar-refractivity contribution in [3.8, 4) is 0 Å². The summed E-state index contributed by atoms with van der Waals surface area (Å²) in [5, 5.41) is 3.42. The quantitative estimate of drug-likeness (QED) is 0.563. The monoisotopic (exact) mass is 443 g/mol. The Morgan fingerprint density at radius 2 is 1.84 bits per heavy atom. The van der Waals surface area contributed by atoms with Crippen LogP contribution >= 0.6 is 0 Å². The zero-order valence-corrected chi connectivity index (χ0v) is 17.4. The van der Waals surface area contributed by atoms with Gasteiger partial charge in [0.05, 0.1) is 18.1 Å². The zero-order chi connectivity index (χ0) is 21.8. The highest BCUT2D eigenvalue weighted by Crippen LogP contribution is 2.21. The van der Waals surface area contributed by atoms with Gasteiger partial charge in [0.25, 0.3) is 5.91 Å². The van der Waals surface area contributed by atoms with E-state index in [2.05, 4.69) is 10.3 Å². The fourth-order valence-corrected chi connectivity index (χ4v) is 4.71. The Kier molecular flexibility index (Phi) is 6.03. The van der Waals surface area contributed by atoms with Crippen LogP contribution in [0, 0.1) is 0 Å². The highest BCUT2D eigenvalue weighted by Gasteiger charge is 2.26. The Bertz CT molecular complexity index is 1180. The van der Waals surface area contributed by atoms with Crippen LogP contribution in [0.5, 0.6) is 0 Å². The van der Waals surface area contributed by atoms with E-state index >= 15 is 0 Å². The summed E-state index contributed by atoms with van der Waals surface area (Å²) in [5.41, 5.74) is 1.32. The number of amides is 1. The minimum absolute atomic E-state index is 0.0715. The lowest BCUT2D eigenvalue weighted by Gasteiger charge is -2.26. The normalized spacial score (nSPS) is 15.0. The first-order valence-electron chi connectivity index (χ1n) is 9.66. The van der Waals surface area contributed by atoms with Crippen molar-refractivity contribution in [2.24, 2.45) is 0 Å². The third kappa shape index (κ3) is 4.76. The first-order chi connectivity index (χ1) is 14.9. The predicted molar refractivity (Wildman–Crippen MR) is 113 cm³/mol. The molecular weight excluding hydrogens is 422 g/mol. The Morgan fingerprint density at radius 3 is 2.61 bits per heavy atom. The first kappa shape index (κ1) is 21.0. The molecule has 4 rings (SSSR count). The number of hydrogen-bond donors (Lipinski definition) is 2. The number of fused-ring (bicyclic) bond motifs is 1. The largest absolute Gasteiger partial charge is 0.451 e. The van der Waals surface area contributed by atoms with Crippen LogP contribution in [-0.2, 0) is 24.3 Å². The van der Waals surface area contributed by atoms with Crippen molar-refractivity contribution >= 4 is 38.5 Å². The van der Waals surface area contributed by atoms with E-state index in [1.165, 1.54) is 16.4 Å². The van der Waals surface area contributed by atoms with Crippen molar-refractivity contribution in [3.05, 3.63) is 60.3 Å². The Labute approximate surface area is 179 Å². The maximum absolute atomic E-state index is 12.8. The number of sulfonamides is 1. The molecule has 0 spiro atoms. The number of hydrogen-bond acceptors (Lipinski definition) is 6. The van der Waals surface area contributed by atoms with Gasteiger partial charge in [-0.3, -0.25) is 4.79 Å². The molecule has 0 saturated carbocycles. The van der Waals surface area contributed by atoms with Gasteiger partial charge in [0.1, 0.15) is 5.69 Å². The highest BCUT2D eigenvalue weighted by atomic mass is 32.2. The fraction of sp³-hybridized carbons (Fsp3) is 0.238. The summed E-state index contributed by atoms with van der Waals surface area (Å²) < 4.78 is 37.1. The summed E-state index contributed by atoms with van der Waals surface area (Å²) in [6.07, 6.45) is 0. The van der Waals surface area contributed by atoms with Gasteiger partial charge in [-0.2, -0.15) is 4.31 Å². The summed E-state index contributed by atoms with van der Waals surface area (Å²) in [4.78, 5) is 27.4. The summed E-state index contributed by atoms with van der Waals surface area (Å²) >= 11 is 0. The second kappa shape index (κ2) is 8.88. The van der Waals surface area contributed by atoms with Crippen molar-refractivity contribution in [2.75, 3.05) is 38.2 Å². The summed E-state index contributed by atoms with van der Waals surface area (Å²) in [5.74, 6) is -1.24. The molecule has 162 valence electrons. The molecule has 9 nitrogen and oxygen atoms in total. The number of rotatable bonds is 6. The smallest absolute Gasteiger partial charge is 0.355 e. The average molecular weight is 443 g/mol. The van der Waals surface area contributed by atoms with E-state index in [0.717, 1.165) is 10.9 Å². The van der Waals surface area contributed by atoms with Gasteiger partial charge in [-0.05, 0) is 30.3 Å². The van der Waals surface area contributed by atoms with Gasteiger partial charge in [-0.15, -0.1) is 0 Å². The van der Waals surface area contributed by atoms with E-state index < -0.39 is 28.5 Å². The number of para-hydroxylation sites is 1. The summed E-state index contributed by atoms with van der Waals surface area (Å²) in [6.45, 7) is 0.745. The van der Waals surface area contributed by atoms with Crippen molar-refractivity contribution in [2.45, 2.75) is 4.90 Å². The van der Waals surface area contributed by atoms with Crippen LogP contribution in [0.3, 0.4) is 0 Å². The van der Waals surface area contributed by atoms with E-state index in [9.17, 15) is 18.0 Å². The number of benzene rings is 2. The maximum Gasteiger partial charge on any atom is 0.355 e. The molecule has 2 heterocycles. The lowest BCUT2D eigenvalue weighted by molar-refractivity contribution is -0.119. The second-order valence-corrected chi connectivity index (χ2v) is 8.88. The number of aromatic nitrogens is 1. The first-order valence-corrected chi connectivity index (χ1v) is 11.1. The van der Waals surface area contributed by atoms with Gasteiger partial charge in [0.2, 0.25) is 10.0 Å². The molecule has 0 bridgehead atoms. The predicted octanol–water partition coefficient (Wildman–Crippen LogP) is 1.98. The molecular formula is C21H21N3O6S. The van der Waals surface area contributed by atoms with Crippen LogP contribution in [0.1, 0.15) is 10.5 Å². The molecule has 3 aromatic rings. The molecule has 1 aliphatic rings. The van der Waals surface area contributed by atoms with Crippen LogP contribution in [0.2, 0.25) is 0 Å². The summed E-state index contributed by atoms with van der Waals surface area (Å²) in [7, 11) is -3.68. The molecule has 0 atom stereocenters. The van der Waals surface area contributed by atoms with Gasteiger partial charge in [0.15, 0.2) is 6.61 Å². The number of carbonyl (C=O) groups is 2. The van der Waals surface area contributed by atoms with Crippen LogP contribution in [0.25, 0.3) is 10.9 Å². The number of carbonyl (C=O) groups excluding carboxylic acids is 2. The van der Waals surface area contributed by atoms with Crippen molar-refractivity contribution in [1.82, 2.24) is 9.29 Å². The van der Waals surface area contributed by atoms with Crippen LogP contribution < -0.4 is 5.32 Å². The topological polar surface area (TPSA) is 118 Å². The number of nitrogens with one attached hydrogen (secondary N) is 2. The van der Waals surface area contributed by atoms with Gasteiger partial charge < -0.3 is 19.8 Å². The van der Waals surface area contributed by atoms with E-state index in [1.54, 1.807) is 18.2 Å². The number of H-pyrrole nitrogens is 1. The van der Waals surface area contributed by atoms with Crippen molar-refractivity contribution in [3.63, 3.8) is 0 Å². The molecule has 1 amide bonds. The number of nitrogens with zero attached hydrogens (tertiary/aromatic N) is 1. The number of aromatic amines is 1.